The van der Waals surface area contributed by atoms with Crippen LogP contribution in [-0.4, -0.2) is 23.1 Å². The highest BCUT2D eigenvalue weighted by molar-refractivity contribution is 7.89. The fraction of sp³-hybridized carbons (Fsp3) is 0.136. The Labute approximate surface area is 184 Å². The number of amides is 1. The van der Waals surface area contributed by atoms with Gasteiger partial charge < -0.3 is 5.32 Å². The fourth-order valence-electron chi connectivity index (χ4n) is 3.29. The molecule has 0 bridgehead atoms. The van der Waals surface area contributed by atoms with Crippen molar-refractivity contribution in [2.45, 2.75) is 24.3 Å². The minimum atomic E-state index is -4.06. The van der Waals surface area contributed by atoms with Crippen LogP contribution in [0.15, 0.2) is 77.7 Å². The average Bonchev–Trinajstić information content (AvgIpc) is 3.27. The SMILES string of the molecule is CCc1ccccc1NC(=O)C(NS(=O)(=O)c1cccc2nsnc12)c1ccccc1. The quantitative estimate of drug-likeness (QED) is 0.443. The van der Waals surface area contributed by atoms with E-state index in [1.807, 2.05) is 25.1 Å². The number of carbonyl (C=O) groups is 1. The summed E-state index contributed by atoms with van der Waals surface area (Å²) in [5.41, 5.74) is 2.92. The third-order valence-electron chi connectivity index (χ3n) is 4.86. The molecule has 7 nitrogen and oxygen atoms in total. The molecule has 0 saturated heterocycles. The van der Waals surface area contributed by atoms with Crippen LogP contribution in [0.2, 0.25) is 0 Å². The lowest BCUT2D eigenvalue weighted by Gasteiger charge is -2.20. The zero-order valence-electron chi connectivity index (χ0n) is 16.6. The lowest BCUT2D eigenvalue weighted by Crippen LogP contribution is -2.37. The minimum Gasteiger partial charge on any atom is -0.324 e. The van der Waals surface area contributed by atoms with Gasteiger partial charge in [0.2, 0.25) is 15.9 Å². The van der Waals surface area contributed by atoms with E-state index in [4.69, 9.17) is 0 Å². The highest BCUT2D eigenvalue weighted by Crippen LogP contribution is 2.25. The number of fused-ring (bicyclic) bond motifs is 1. The number of carbonyl (C=O) groups excluding carboxylic acids is 1. The molecule has 0 fully saturated rings. The molecule has 1 amide bonds. The molecule has 4 aromatic rings. The number of nitrogens with zero attached hydrogens (tertiary/aromatic N) is 2. The third-order valence-corrected chi connectivity index (χ3v) is 6.86. The van der Waals surface area contributed by atoms with Gasteiger partial charge in [-0.2, -0.15) is 13.5 Å². The summed E-state index contributed by atoms with van der Waals surface area (Å²) in [5.74, 6) is -0.473. The normalized spacial score (nSPS) is 12.5. The number of para-hydroxylation sites is 1. The van der Waals surface area contributed by atoms with Crippen LogP contribution in [0, 0.1) is 0 Å². The number of aromatic nitrogens is 2. The first kappa shape index (κ1) is 21.1. The van der Waals surface area contributed by atoms with Crippen molar-refractivity contribution >= 4 is 44.4 Å². The van der Waals surface area contributed by atoms with Crippen LogP contribution in [0.1, 0.15) is 24.1 Å². The molecule has 0 spiro atoms. The summed E-state index contributed by atoms with van der Waals surface area (Å²) in [6.07, 6.45) is 0.733. The van der Waals surface area contributed by atoms with Crippen LogP contribution in [0.25, 0.3) is 11.0 Å². The van der Waals surface area contributed by atoms with Crippen LogP contribution in [0.3, 0.4) is 0 Å². The molecule has 3 aromatic carbocycles. The maximum absolute atomic E-state index is 13.3. The molecule has 0 saturated carbocycles. The molecule has 1 atom stereocenters. The number of benzene rings is 3. The predicted molar refractivity (Wildman–Crippen MR) is 121 cm³/mol. The van der Waals surface area contributed by atoms with Gasteiger partial charge >= 0.3 is 0 Å². The number of rotatable bonds is 7. The van der Waals surface area contributed by atoms with Gasteiger partial charge in [-0.3, -0.25) is 4.79 Å². The van der Waals surface area contributed by atoms with E-state index in [2.05, 4.69) is 18.8 Å². The number of sulfonamides is 1. The number of aryl methyl sites for hydroxylation is 1. The molecule has 31 heavy (non-hydrogen) atoms. The van der Waals surface area contributed by atoms with Crippen molar-refractivity contribution in [2.75, 3.05) is 5.32 Å². The molecular formula is C22H20N4O3S2. The van der Waals surface area contributed by atoms with E-state index in [0.717, 1.165) is 23.7 Å². The van der Waals surface area contributed by atoms with Gasteiger partial charge in [-0.1, -0.05) is 61.5 Å². The standard InChI is InChI=1S/C22H20N4O3S2/c1-2-15-9-6-7-12-17(15)23-22(27)20(16-10-4-3-5-11-16)26-31(28,29)19-14-8-13-18-21(19)25-30-24-18/h3-14,20,26H,2H2,1H3,(H,23,27). The molecular weight excluding hydrogens is 432 g/mol. The summed E-state index contributed by atoms with van der Waals surface area (Å²) in [7, 11) is -4.06. The molecule has 0 radical (unpaired) electrons. The maximum atomic E-state index is 13.3. The summed E-state index contributed by atoms with van der Waals surface area (Å²) in [5, 5.41) is 2.87. The topological polar surface area (TPSA) is 101 Å². The van der Waals surface area contributed by atoms with E-state index in [9.17, 15) is 13.2 Å². The van der Waals surface area contributed by atoms with Gasteiger partial charge in [0.1, 0.15) is 22.0 Å². The minimum absolute atomic E-state index is 0.0126. The summed E-state index contributed by atoms with van der Waals surface area (Å²) in [4.78, 5) is 13.2. The van der Waals surface area contributed by atoms with Crippen molar-refractivity contribution in [3.05, 3.63) is 83.9 Å². The molecule has 1 heterocycles. The van der Waals surface area contributed by atoms with Crippen molar-refractivity contribution in [2.24, 2.45) is 0 Å². The lowest BCUT2D eigenvalue weighted by atomic mass is 10.1. The second-order valence-corrected chi connectivity index (χ2v) is 9.06. The predicted octanol–water partition coefficient (Wildman–Crippen LogP) is 3.91. The van der Waals surface area contributed by atoms with Crippen LogP contribution < -0.4 is 10.0 Å². The molecule has 0 aliphatic carbocycles. The van der Waals surface area contributed by atoms with E-state index in [1.165, 1.54) is 6.07 Å². The Bertz CT molecular complexity index is 1320. The van der Waals surface area contributed by atoms with Gasteiger partial charge in [0.05, 0.1) is 11.7 Å². The van der Waals surface area contributed by atoms with Crippen molar-refractivity contribution in [3.8, 4) is 0 Å². The Morgan fingerprint density at radius 3 is 2.48 bits per heavy atom. The molecule has 2 N–H and O–H groups in total. The van der Waals surface area contributed by atoms with E-state index >= 15 is 0 Å². The molecule has 9 heteroatoms. The van der Waals surface area contributed by atoms with E-state index in [0.29, 0.717) is 16.8 Å². The van der Waals surface area contributed by atoms with Crippen LogP contribution in [0.4, 0.5) is 5.69 Å². The van der Waals surface area contributed by atoms with Crippen molar-refractivity contribution in [1.29, 1.82) is 0 Å². The van der Waals surface area contributed by atoms with E-state index < -0.39 is 22.0 Å². The van der Waals surface area contributed by atoms with E-state index in [1.54, 1.807) is 48.5 Å². The van der Waals surface area contributed by atoms with Gasteiger partial charge in [-0.05, 0) is 35.7 Å². The molecule has 1 aromatic heterocycles. The first-order valence-corrected chi connectivity index (χ1v) is 11.9. The zero-order chi connectivity index (χ0) is 21.8. The van der Waals surface area contributed by atoms with Crippen LogP contribution in [0.5, 0.6) is 0 Å². The maximum Gasteiger partial charge on any atom is 0.247 e. The number of hydrogen-bond acceptors (Lipinski definition) is 6. The monoisotopic (exact) mass is 452 g/mol. The van der Waals surface area contributed by atoms with Crippen molar-refractivity contribution in [3.63, 3.8) is 0 Å². The number of nitrogens with one attached hydrogen (secondary N) is 2. The van der Waals surface area contributed by atoms with Gasteiger partial charge in [0.15, 0.2) is 0 Å². The Morgan fingerprint density at radius 2 is 1.71 bits per heavy atom. The van der Waals surface area contributed by atoms with Crippen molar-refractivity contribution in [1.82, 2.24) is 13.5 Å². The van der Waals surface area contributed by atoms with Crippen LogP contribution >= 0.6 is 11.7 Å². The summed E-state index contributed by atoms with van der Waals surface area (Å²) in [6, 6.07) is 19.8. The highest BCUT2D eigenvalue weighted by Gasteiger charge is 2.29. The Hall–Kier alpha value is -3.14. The number of anilines is 1. The molecule has 0 aliphatic heterocycles. The van der Waals surface area contributed by atoms with Gasteiger partial charge in [-0.25, -0.2) is 8.42 Å². The third kappa shape index (κ3) is 4.48. The zero-order valence-corrected chi connectivity index (χ0v) is 18.3. The summed E-state index contributed by atoms with van der Waals surface area (Å²) >= 11 is 0.939. The molecule has 0 aliphatic rings. The second-order valence-electron chi connectivity index (χ2n) is 6.85. The Kier molecular flexibility index (Phi) is 6.08. The van der Waals surface area contributed by atoms with Gasteiger partial charge in [0, 0.05) is 5.69 Å². The van der Waals surface area contributed by atoms with Crippen LogP contribution in [-0.2, 0) is 21.2 Å². The molecule has 1 unspecified atom stereocenters. The fourth-order valence-corrected chi connectivity index (χ4v) is 5.24. The Morgan fingerprint density at radius 1 is 0.968 bits per heavy atom. The van der Waals surface area contributed by atoms with Crippen molar-refractivity contribution < 1.29 is 13.2 Å². The number of hydrogen-bond donors (Lipinski definition) is 2. The average molecular weight is 453 g/mol. The van der Waals surface area contributed by atoms with Gasteiger partial charge in [-0.15, -0.1) is 0 Å². The molecule has 4 rings (SSSR count). The lowest BCUT2D eigenvalue weighted by molar-refractivity contribution is -0.117. The smallest absolute Gasteiger partial charge is 0.247 e. The first-order chi connectivity index (χ1) is 15.0. The van der Waals surface area contributed by atoms with Gasteiger partial charge in [0.25, 0.3) is 0 Å². The summed E-state index contributed by atoms with van der Waals surface area (Å²) < 4.78 is 37.3. The van der Waals surface area contributed by atoms with E-state index in [-0.39, 0.29) is 10.4 Å². The Balaban J connectivity index is 1.70. The highest BCUT2D eigenvalue weighted by atomic mass is 32.2. The second kappa shape index (κ2) is 8.93. The largest absolute Gasteiger partial charge is 0.324 e. The summed E-state index contributed by atoms with van der Waals surface area (Å²) in [6.45, 7) is 1.99. The first-order valence-electron chi connectivity index (χ1n) is 9.67. The molecule has 158 valence electrons.